The van der Waals surface area contributed by atoms with Crippen LogP contribution in [0.3, 0.4) is 0 Å². The lowest BCUT2D eigenvalue weighted by molar-refractivity contribution is -0.115. The van der Waals surface area contributed by atoms with Crippen molar-refractivity contribution < 1.29 is 19.7 Å². The second kappa shape index (κ2) is 7.40. The van der Waals surface area contributed by atoms with Crippen LogP contribution in [0.25, 0.3) is 0 Å². The van der Waals surface area contributed by atoms with Gasteiger partial charge in [-0.1, -0.05) is 0 Å². The maximum Gasteiger partial charge on any atom is 0.228 e. The van der Waals surface area contributed by atoms with Gasteiger partial charge in [-0.15, -0.1) is 0 Å². The lowest BCUT2D eigenvalue weighted by atomic mass is 10.1. The largest absolute Gasteiger partial charge is 0.491 e. The van der Waals surface area contributed by atoms with Gasteiger partial charge in [-0.05, 0) is 37.1 Å². The maximum absolute atomic E-state index is 11.3. The van der Waals surface area contributed by atoms with E-state index >= 15 is 0 Å². The lowest BCUT2D eigenvalue weighted by Gasteiger charge is -2.17. The fourth-order valence-corrected chi connectivity index (χ4v) is 2.18. The van der Waals surface area contributed by atoms with E-state index < -0.39 is 6.10 Å². The number of carbonyl (C=O) groups excluding carboxylic acids is 1. The first-order valence-corrected chi connectivity index (χ1v) is 7.16. The van der Waals surface area contributed by atoms with Crippen LogP contribution < -0.4 is 15.4 Å². The summed E-state index contributed by atoms with van der Waals surface area (Å²) >= 11 is 0. The number of hydrogen-bond acceptors (Lipinski definition) is 5. The van der Waals surface area contributed by atoms with E-state index in [-0.39, 0.29) is 25.2 Å². The Labute approximate surface area is 124 Å². The van der Waals surface area contributed by atoms with Gasteiger partial charge in [0, 0.05) is 24.9 Å². The minimum Gasteiger partial charge on any atom is -0.491 e. The van der Waals surface area contributed by atoms with E-state index in [4.69, 9.17) is 9.84 Å². The third kappa shape index (κ3) is 4.70. The topological polar surface area (TPSA) is 90.8 Å². The number of aliphatic hydroxyl groups is 2. The molecule has 6 nitrogen and oxygen atoms in total. The molecule has 1 aromatic rings. The standard InChI is InChI=1S/C15H22N2O4/c1-10(4-5-18)16-8-12(19)9-21-13-2-3-14-11(6-13)7-15(20)17-14/h2-3,6,10,12,16,18-19H,4-5,7-9H2,1H3,(H,17,20). The Morgan fingerprint density at radius 3 is 3.05 bits per heavy atom. The maximum atomic E-state index is 11.3. The zero-order chi connectivity index (χ0) is 15.2. The first-order chi connectivity index (χ1) is 10.1. The van der Waals surface area contributed by atoms with E-state index in [2.05, 4.69) is 10.6 Å². The first kappa shape index (κ1) is 15.8. The van der Waals surface area contributed by atoms with Crippen molar-refractivity contribution in [1.29, 1.82) is 0 Å². The molecule has 1 amide bonds. The summed E-state index contributed by atoms with van der Waals surface area (Å²) in [4.78, 5) is 11.3. The van der Waals surface area contributed by atoms with E-state index in [1.165, 1.54) is 0 Å². The molecule has 0 aliphatic carbocycles. The lowest BCUT2D eigenvalue weighted by Crippen LogP contribution is -2.37. The highest BCUT2D eigenvalue weighted by Gasteiger charge is 2.18. The zero-order valence-electron chi connectivity index (χ0n) is 12.1. The van der Waals surface area contributed by atoms with Crippen molar-refractivity contribution in [3.63, 3.8) is 0 Å². The molecule has 1 heterocycles. The summed E-state index contributed by atoms with van der Waals surface area (Å²) in [6, 6.07) is 5.56. The number of amides is 1. The van der Waals surface area contributed by atoms with Gasteiger partial charge in [0.25, 0.3) is 0 Å². The van der Waals surface area contributed by atoms with Crippen LogP contribution in [0, 0.1) is 0 Å². The van der Waals surface area contributed by atoms with Crippen LogP contribution in [0.2, 0.25) is 0 Å². The summed E-state index contributed by atoms with van der Waals surface area (Å²) in [7, 11) is 0. The van der Waals surface area contributed by atoms with Crippen molar-refractivity contribution in [2.24, 2.45) is 0 Å². The number of nitrogens with one attached hydrogen (secondary N) is 2. The third-order valence-electron chi connectivity index (χ3n) is 3.41. The Hall–Kier alpha value is -1.63. The normalized spacial score (nSPS) is 16.2. The van der Waals surface area contributed by atoms with Gasteiger partial charge in [-0.3, -0.25) is 4.79 Å². The average Bonchev–Trinajstić information content (AvgIpc) is 2.82. The van der Waals surface area contributed by atoms with Gasteiger partial charge < -0.3 is 25.6 Å². The summed E-state index contributed by atoms with van der Waals surface area (Å²) in [5.41, 5.74) is 1.74. The van der Waals surface area contributed by atoms with Crippen molar-refractivity contribution in [3.05, 3.63) is 23.8 Å². The molecule has 0 saturated heterocycles. The first-order valence-electron chi connectivity index (χ1n) is 7.16. The van der Waals surface area contributed by atoms with Crippen molar-refractivity contribution >= 4 is 11.6 Å². The molecule has 0 saturated carbocycles. The minimum atomic E-state index is -0.626. The molecule has 1 aromatic carbocycles. The van der Waals surface area contributed by atoms with Crippen LogP contribution in [-0.4, -0.2) is 48.0 Å². The summed E-state index contributed by atoms with van der Waals surface area (Å²) in [5, 5.41) is 24.5. The Morgan fingerprint density at radius 1 is 1.48 bits per heavy atom. The zero-order valence-corrected chi connectivity index (χ0v) is 12.1. The van der Waals surface area contributed by atoms with Gasteiger partial charge in [-0.25, -0.2) is 0 Å². The molecule has 4 N–H and O–H groups in total. The van der Waals surface area contributed by atoms with Crippen LogP contribution in [0.4, 0.5) is 5.69 Å². The van der Waals surface area contributed by atoms with Crippen molar-refractivity contribution in [2.75, 3.05) is 25.1 Å². The fraction of sp³-hybridized carbons (Fsp3) is 0.533. The quantitative estimate of drug-likeness (QED) is 0.553. The predicted octanol–water partition coefficient (Wildman–Crippen LogP) is 0.281. The van der Waals surface area contributed by atoms with Gasteiger partial charge >= 0.3 is 0 Å². The van der Waals surface area contributed by atoms with E-state index in [1.54, 1.807) is 6.07 Å². The van der Waals surface area contributed by atoms with E-state index in [9.17, 15) is 9.90 Å². The highest BCUT2D eigenvalue weighted by molar-refractivity contribution is 5.99. The van der Waals surface area contributed by atoms with Crippen molar-refractivity contribution in [2.45, 2.75) is 31.9 Å². The molecule has 0 bridgehead atoms. The highest BCUT2D eigenvalue weighted by Crippen LogP contribution is 2.27. The summed E-state index contributed by atoms with van der Waals surface area (Å²) in [6.45, 7) is 2.67. The van der Waals surface area contributed by atoms with Gasteiger partial charge in [-0.2, -0.15) is 0 Å². The van der Waals surface area contributed by atoms with Crippen molar-refractivity contribution in [3.8, 4) is 5.75 Å². The second-order valence-electron chi connectivity index (χ2n) is 5.33. The number of rotatable bonds is 8. The number of aliphatic hydroxyl groups excluding tert-OH is 2. The Balaban J connectivity index is 1.75. The number of benzene rings is 1. The van der Waals surface area contributed by atoms with E-state index in [0.29, 0.717) is 25.1 Å². The number of ether oxygens (including phenoxy) is 1. The van der Waals surface area contributed by atoms with Crippen LogP contribution in [0.1, 0.15) is 18.9 Å². The SMILES string of the molecule is CC(CCO)NCC(O)COc1ccc2c(c1)CC(=O)N2. The predicted molar refractivity (Wildman–Crippen MR) is 79.4 cm³/mol. The van der Waals surface area contributed by atoms with Crippen LogP contribution in [-0.2, 0) is 11.2 Å². The summed E-state index contributed by atoms with van der Waals surface area (Å²) in [6.07, 6.45) is 0.397. The molecule has 0 spiro atoms. The van der Waals surface area contributed by atoms with Crippen molar-refractivity contribution in [1.82, 2.24) is 5.32 Å². The number of hydrogen-bond donors (Lipinski definition) is 4. The Bertz CT molecular complexity index is 493. The molecule has 2 rings (SSSR count). The Morgan fingerprint density at radius 2 is 2.29 bits per heavy atom. The van der Waals surface area contributed by atoms with E-state index in [1.807, 2.05) is 19.1 Å². The van der Waals surface area contributed by atoms with Crippen LogP contribution in [0.5, 0.6) is 5.75 Å². The van der Waals surface area contributed by atoms with Gasteiger partial charge in [0.1, 0.15) is 18.5 Å². The smallest absolute Gasteiger partial charge is 0.228 e. The summed E-state index contributed by atoms with van der Waals surface area (Å²) < 4.78 is 5.54. The molecular formula is C15H22N2O4. The second-order valence-corrected chi connectivity index (χ2v) is 5.33. The van der Waals surface area contributed by atoms with Crippen LogP contribution >= 0.6 is 0 Å². The molecule has 2 unspecified atom stereocenters. The molecule has 2 atom stereocenters. The molecule has 0 radical (unpaired) electrons. The number of fused-ring (bicyclic) bond motifs is 1. The molecule has 0 aromatic heterocycles. The summed E-state index contributed by atoms with van der Waals surface area (Å²) in [5.74, 6) is 0.636. The fourth-order valence-electron chi connectivity index (χ4n) is 2.18. The highest BCUT2D eigenvalue weighted by atomic mass is 16.5. The monoisotopic (exact) mass is 294 g/mol. The Kier molecular flexibility index (Phi) is 5.55. The van der Waals surface area contributed by atoms with E-state index in [0.717, 1.165) is 11.3 Å². The van der Waals surface area contributed by atoms with Crippen LogP contribution in [0.15, 0.2) is 18.2 Å². The number of carbonyl (C=O) groups is 1. The molecule has 1 aliphatic rings. The van der Waals surface area contributed by atoms with Gasteiger partial charge in [0.05, 0.1) is 6.42 Å². The molecule has 116 valence electrons. The molecule has 6 heteroatoms. The number of anilines is 1. The average molecular weight is 294 g/mol. The molecule has 0 fully saturated rings. The molecule has 1 aliphatic heterocycles. The molecule has 21 heavy (non-hydrogen) atoms. The van der Waals surface area contributed by atoms with Gasteiger partial charge in [0.2, 0.25) is 5.91 Å². The van der Waals surface area contributed by atoms with Gasteiger partial charge in [0.15, 0.2) is 0 Å². The molecular weight excluding hydrogens is 272 g/mol. The minimum absolute atomic E-state index is 0.00995. The third-order valence-corrected chi connectivity index (χ3v) is 3.41.